The normalized spacial score (nSPS) is 32.8. The van der Waals surface area contributed by atoms with Gasteiger partial charge < -0.3 is 39.4 Å². The van der Waals surface area contributed by atoms with Gasteiger partial charge in [-0.25, -0.2) is 8.88 Å². The molecule has 0 aromatic carbocycles. The van der Waals surface area contributed by atoms with Crippen LogP contribution in [0, 0.1) is 0 Å². The summed E-state index contributed by atoms with van der Waals surface area (Å²) in [5, 5.41) is 19.0. The maximum Gasteiger partial charge on any atom is 0.469 e. The van der Waals surface area contributed by atoms with Gasteiger partial charge in [-0.2, -0.15) is 0 Å². The average molecular weight is 358 g/mol. The molecule has 1 aliphatic rings. The van der Waals surface area contributed by atoms with Crippen molar-refractivity contribution in [3.63, 3.8) is 0 Å². The summed E-state index contributed by atoms with van der Waals surface area (Å²) in [4.78, 5) is 43.0. The van der Waals surface area contributed by atoms with Gasteiger partial charge in [-0.15, -0.1) is 0 Å². The number of aliphatic hydroxyl groups excluding tert-OH is 2. The Morgan fingerprint density at radius 3 is 2.25 bits per heavy atom. The van der Waals surface area contributed by atoms with Crippen LogP contribution in [0.2, 0.25) is 0 Å². The van der Waals surface area contributed by atoms with Crippen molar-refractivity contribution < 1.29 is 57.3 Å². The summed E-state index contributed by atoms with van der Waals surface area (Å²) in [5.41, 5.74) is 0. The number of hydrogen-bond donors (Lipinski definition) is 7. The van der Waals surface area contributed by atoms with Crippen LogP contribution in [0.3, 0.4) is 0 Å². The number of rotatable bonds is 7. The summed E-state index contributed by atoms with van der Waals surface area (Å²) in [7, 11) is -10.5. The molecular formula is C5H13O12P3. The first kappa shape index (κ1) is 18.7. The van der Waals surface area contributed by atoms with E-state index < -0.39 is 56.2 Å². The number of phosphoric ester groups is 1. The molecule has 15 heteroatoms. The molecule has 1 aliphatic heterocycles. The molecule has 12 nitrogen and oxygen atoms in total. The molecule has 0 radical (unpaired) electrons. The van der Waals surface area contributed by atoms with Gasteiger partial charge >= 0.3 is 25.0 Å². The summed E-state index contributed by atoms with van der Waals surface area (Å²) in [6.45, 7) is -0.737. The van der Waals surface area contributed by atoms with Crippen LogP contribution in [0.4, 0.5) is 0 Å². The number of aliphatic hydroxyl groups is 2. The lowest BCUT2D eigenvalue weighted by Gasteiger charge is -2.18. The first-order chi connectivity index (χ1) is 9.10. The second kappa shape index (κ2) is 7.77. The van der Waals surface area contributed by atoms with Crippen molar-refractivity contribution in [2.45, 2.75) is 24.6 Å². The van der Waals surface area contributed by atoms with Gasteiger partial charge in [0, 0.05) is 0 Å². The van der Waals surface area contributed by atoms with E-state index >= 15 is 0 Å². The van der Waals surface area contributed by atoms with E-state index in [2.05, 4.69) is 13.4 Å². The highest BCUT2D eigenvalue weighted by molar-refractivity contribution is 7.54. The van der Waals surface area contributed by atoms with Crippen LogP contribution in [-0.4, -0.2) is 65.9 Å². The van der Waals surface area contributed by atoms with Crippen LogP contribution in [0.25, 0.3) is 0 Å². The molecule has 5 atom stereocenters. The molecule has 0 amide bonds. The van der Waals surface area contributed by atoms with E-state index in [0.717, 1.165) is 0 Å². The fourth-order valence-electron chi connectivity index (χ4n) is 1.28. The molecule has 1 fully saturated rings. The summed E-state index contributed by atoms with van der Waals surface area (Å²) >= 11 is 0. The van der Waals surface area contributed by atoms with E-state index in [1.807, 2.05) is 0 Å². The molecule has 20 heavy (non-hydrogen) atoms. The van der Waals surface area contributed by atoms with Gasteiger partial charge in [0.2, 0.25) is 0 Å². The summed E-state index contributed by atoms with van der Waals surface area (Å²) in [6.07, 6.45) is -6.18. The maximum atomic E-state index is 10.5. The number of phosphoric acid groups is 1. The summed E-state index contributed by atoms with van der Waals surface area (Å²) in [5.74, 6) is 0. The first-order valence-electron chi connectivity index (χ1n) is 4.83. The third-order valence-electron chi connectivity index (χ3n) is 2.06. The minimum absolute atomic E-state index is 0.737. The zero-order valence-electron chi connectivity index (χ0n) is 9.53. The SMILES string of the molecule is O=P(O)(O)OC[C@H]1O[C@H](OP(O)OP(O)O)[C@H](O)[C@@H]1O. The van der Waals surface area contributed by atoms with Gasteiger partial charge in [0.15, 0.2) is 6.29 Å². The van der Waals surface area contributed by atoms with Crippen LogP contribution in [0.15, 0.2) is 0 Å². The molecule has 1 unspecified atom stereocenters. The van der Waals surface area contributed by atoms with Crippen LogP contribution >= 0.6 is 25.0 Å². The van der Waals surface area contributed by atoms with E-state index in [0.29, 0.717) is 0 Å². The van der Waals surface area contributed by atoms with E-state index in [9.17, 15) is 14.8 Å². The van der Waals surface area contributed by atoms with Crippen molar-refractivity contribution in [2.75, 3.05) is 6.61 Å². The fourth-order valence-corrected chi connectivity index (χ4v) is 2.63. The topological polar surface area (TPSA) is 196 Å². The Bertz CT molecular complexity index is 346. The van der Waals surface area contributed by atoms with Crippen molar-refractivity contribution >= 4 is 25.0 Å². The zero-order chi connectivity index (χ0) is 15.5. The van der Waals surface area contributed by atoms with Gasteiger partial charge in [0.1, 0.15) is 18.3 Å². The van der Waals surface area contributed by atoms with Crippen molar-refractivity contribution in [1.82, 2.24) is 0 Å². The number of hydrogen-bond acceptors (Lipinski definition) is 10. The minimum atomic E-state index is -4.78. The zero-order valence-corrected chi connectivity index (χ0v) is 12.2. The van der Waals surface area contributed by atoms with Gasteiger partial charge in [0.25, 0.3) is 0 Å². The lowest BCUT2D eigenvalue weighted by atomic mass is 10.1. The Labute approximate surface area is 114 Å². The monoisotopic (exact) mass is 358 g/mol. The third kappa shape index (κ3) is 6.18. The van der Waals surface area contributed by atoms with E-state index in [1.165, 1.54) is 0 Å². The summed E-state index contributed by atoms with van der Waals surface area (Å²) in [6, 6.07) is 0. The Morgan fingerprint density at radius 2 is 1.75 bits per heavy atom. The molecule has 7 N–H and O–H groups in total. The molecule has 1 heterocycles. The Balaban J connectivity index is 2.49. The van der Waals surface area contributed by atoms with Crippen molar-refractivity contribution in [3.05, 3.63) is 0 Å². The van der Waals surface area contributed by atoms with Crippen LogP contribution in [0.1, 0.15) is 0 Å². The van der Waals surface area contributed by atoms with E-state index in [-0.39, 0.29) is 0 Å². The predicted octanol–water partition coefficient (Wildman–Crippen LogP) is -1.99. The van der Waals surface area contributed by atoms with E-state index in [1.54, 1.807) is 0 Å². The standard InChI is InChI=1S/C5H13O12P3/c6-3-2(1-14-20(11,12)13)15-5(4(3)7)16-19(10)17-18(8)9/h2-10H,1H2,(H2,11,12,13)/t2-,3-,4-,5-,19?/m1/s1. The van der Waals surface area contributed by atoms with Crippen LogP contribution in [0.5, 0.6) is 0 Å². The predicted molar refractivity (Wildman–Crippen MR) is 61.3 cm³/mol. The Morgan fingerprint density at radius 1 is 1.15 bits per heavy atom. The molecule has 0 aromatic rings. The molecule has 1 rings (SSSR count). The molecular weight excluding hydrogens is 345 g/mol. The van der Waals surface area contributed by atoms with E-state index in [4.69, 9.17) is 29.2 Å². The third-order valence-corrected chi connectivity index (χ3v) is 4.08. The van der Waals surface area contributed by atoms with Crippen LogP contribution in [-0.2, 0) is 22.7 Å². The van der Waals surface area contributed by atoms with Crippen molar-refractivity contribution in [2.24, 2.45) is 0 Å². The smallest absolute Gasteiger partial charge is 0.387 e. The largest absolute Gasteiger partial charge is 0.469 e. The molecule has 1 saturated heterocycles. The molecule has 0 saturated carbocycles. The Kier molecular flexibility index (Phi) is 7.27. The Hall–Kier alpha value is 0.650. The van der Waals surface area contributed by atoms with Gasteiger partial charge in [-0.05, 0) is 0 Å². The van der Waals surface area contributed by atoms with Gasteiger partial charge in [-0.1, -0.05) is 0 Å². The average Bonchev–Trinajstić information content (AvgIpc) is 2.52. The molecule has 120 valence electrons. The molecule has 0 spiro atoms. The van der Waals surface area contributed by atoms with Crippen molar-refractivity contribution in [1.29, 1.82) is 0 Å². The second-order valence-corrected chi connectivity index (χ2v) is 6.57. The van der Waals surface area contributed by atoms with Gasteiger partial charge in [-0.3, -0.25) is 9.05 Å². The first-order valence-corrected chi connectivity index (χ1v) is 8.66. The van der Waals surface area contributed by atoms with Gasteiger partial charge in [0.05, 0.1) is 6.61 Å². The minimum Gasteiger partial charge on any atom is -0.387 e. The highest BCUT2D eigenvalue weighted by Gasteiger charge is 2.45. The second-order valence-electron chi connectivity index (χ2n) is 3.49. The molecule has 0 bridgehead atoms. The lowest BCUT2D eigenvalue weighted by Crippen LogP contribution is -2.34. The highest BCUT2D eigenvalue weighted by Crippen LogP contribution is 2.48. The lowest BCUT2D eigenvalue weighted by molar-refractivity contribution is -0.119. The van der Waals surface area contributed by atoms with Crippen molar-refractivity contribution in [3.8, 4) is 0 Å². The molecule has 0 aliphatic carbocycles. The summed E-state index contributed by atoms with van der Waals surface area (Å²) < 4.78 is 28.1. The number of ether oxygens (including phenoxy) is 1. The maximum absolute atomic E-state index is 10.5. The van der Waals surface area contributed by atoms with Crippen LogP contribution < -0.4 is 0 Å². The highest BCUT2D eigenvalue weighted by atomic mass is 31.2. The molecule has 0 aromatic heterocycles. The fraction of sp³-hybridized carbons (Fsp3) is 1.00. The quantitative estimate of drug-likeness (QED) is 0.248.